The zero-order valence-corrected chi connectivity index (χ0v) is 27.8. The minimum Gasteiger partial charge on any atom is -0.444 e. The molecule has 1 saturated carbocycles. The molecule has 3 aromatic rings. The highest BCUT2D eigenvalue weighted by molar-refractivity contribution is 6.30. The van der Waals surface area contributed by atoms with E-state index in [4.69, 9.17) is 16.3 Å². The average Bonchev–Trinajstić information content (AvgIpc) is 3.59. The molecule has 1 atom stereocenters. The normalized spacial score (nSPS) is 18.3. The second-order valence-electron chi connectivity index (χ2n) is 13.2. The van der Waals surface area contributed by atoms with Crippen LogP contribution in [0.3, 0.4) is 0 Å². The van der Waals surface area contributed by atoms with Gasteiger partial charge in [-0.05, 0) is 100 Å². The van der Waals surface area contributed by atoms with Gasteiger partial charge < -0.3 is 15.4 Å². The number of carbonyl (C=O) groups is 3. The van der Waals surface area contributed by atoms with E-state index in [1.165, 1.54) is 0 Å². The first-order chi connectivity index (χ1) is 22.5. The van der Waals surface area contributed by atoms with Crippen LogP contribution in [0.1, 0.15) is 64.0 Å². The maximum atomic E-state index is 13.7. The quantitative estimate of drug-likeness (QED) is 0.218. The smallest absolute Gasteiger partial charge is 0.407 e. The molecular formula is C36H41ClN6O4. The van der Waals surface area contributed by atoms with Crippen molar-refractivity contribution in [2.75, 3.05) is 18.5 Å². The predicted octanol–water partition coefficient (Wildman–Crippen LogP) is 7.66. The summed E-state index contributed by atoms with van der Waals surface area (Å²) in [4.78, 5) is 47.8. The highest BCUT2D eigenvalue weighted by Crippen LogP contribution is 2.32. The van der Waals surface area contributed by atoms with Crippen LogP contribution in [0.2, 0.25) is 5.02 Å². The number of pyridine rings is 1. The Hall–Kier alpha value is -4.44. The van der Waals surface area contributed by atoms with Gasteiger partial charge in [0.15, 0.2) is 12.5 Å². The summed E-state index contributed by atoms with van der Waals surface area (Å²) in [5.74, 6) is 0.0895. The van der Waals surface area contributed by atoms with Crippen molar-refractivity contribution in [3.8, 4) is 11.1 Å². The number of benzene rings is 2. The summed E-state index contributed by atoms with van der Waals surface area (Å²) in [7, 11) is 0. The molecule has 2 N–H and O–H groups in total. The number of aromatic nitrogens is 1. The van der Waals surface area contributed by atoms with Crippen LogP contribution in [0, 0.1) is 17.8 Å². The Kier molecular flexibility index (Phi) is 11.1. The van der Waals surface area contributed by atoms with E-state index in [1.807, 2.05) is 75.4 Å². The molecule has 1 aromatic heterocycles. The van der Waals surface area contributed by atoms with E-state index in [0.29, 0.717) is 42.1 Å². The maximum absolute atomic E-state index is 13.7. The fraction of sp³-hybridized carbons (Fsp3) is 0.417. The number of nitrogens with one attached hydrogen (secondary N) is 2. The first-order valence-corrected chi connectivity index (χ1v) is 16.4. The zero-order valence-electron chi connectivity index (χ0n) is 27.0. The van der Waals surface area contributed by atoms with Crippen molar-refractivity contribution in [1.82, 2.24) is 10.3 Å². The predicted molar refractivity (Wildman–Crippen MR) is 183 cm³/mol. The van der Waals surface area contributed by atoms with Crippen LogP contribution in [0.4, 0.5) is 10.5 Å². The minimum absolute atomic E-state index is 0.102. The lowest BCUT2D eigenvalue weighted by Crippen LogP contribution is -2.37. The molecule has 1 fully saturated rings. The number of aliphatic imine (C=N–C) groups is 1. The lowest BCUT2D eigenvalue weighted by Gasteiger charge is -2.29. The Balaban J connectivity index is 1.22. The second-order valence-corrected chi connectivity index (χ2v) is 13.6. The first kappa shape index (κ1) is 33.9. The molecular weight excluding hydrogens is 616 g/mol. The topological polar surface area (TPSA) is 134 Å². The highest BCUT2D eigenvalue weighted by atomic mass is 35.5. The van der Waals surface area contributed by atoms with E-state index < -0.39 is 17.6 Å². The number of carbonyl (C=O) groups excluding carboxylic acids is 3. The summed E-state index contributed by atoms with van der Waals surface area (Å²) in [5, 5.41) is 14.4. The van der Waals surface area contributed by atoms with Gasteiger partial charge in [0.1, 0.15) is 11.4 Å². The molecule has 2 amide bonds. The van der Waals surface area contributed by atoms with Gasteiger partial charge in [-0.3, -0.25) is 14.6 Å². The number of alkyl carbamates (subject to hydrolysis) is 1. The number of nitrogens with zero attached hydrogens (tertiary/aromatic N) is 4. The Morgan fingerprint density at radius 3 is 2.28 bits per heavy atom. The SMILES string of the molecule is CC(C)(C)OC(=O)NCC1CCC(C(=O)C[C@@H](Cc2ccc(-c3cncc(Cl)c3)cc2)C(=O)Nc2ccc(C3=NCN=N3)cc2)CC1. The number of anilines is 1. The summed E-state index contributed by atoms with van der Waals surface area (Å²) in [6.07, 6.45) is 6.62. The maximum Gasteiger partial charge on any atom is 0.407 e. The summed E-state index contributed by atoms with van der Waals surface area (Å²) in [5.41, 5.74) is 3.72. The lowest BCUT2D eigenvalue weighted by molar-refractivity contribution is -0.129. The molecule has 2 aliphatic rings. The van der Waals surface area contributed by atoms with Gasteiger partial charge in [0.25, 0.3) is 0 Å². The van der Waals surface area contributed by atoms with Crippen molar-refractivity contribution in [3.63, 3.8) is 0 Å². The Bertz CT molecular complexity index is 1620. The number of Topliss-reactive ketones (excluding diaryl/α,β-unsaturated/α-hetero) is 1. The Morgan fingerprint density at radius 1 is 0.936 bits per heavy atom. The number of azo groups is 1. The van der Waals surface area contributed by atoms with Gasteiger partial charge in [0.2, 0.25) is 5.91 Å². The number of amides is 2. The summed E-state index contributed by atoms with van der Waals surface area (Å²) >= 11 is 6.13. The average molecular weight is 657 g/mol. The number of hydrogen-bond acceptors (Lipinski definition) is 8. The van der Waals surface area contributed by atoms with E-state index in [9.17, 15) is 14.4 Å². The molecule has 2 aromatic carbocycles. The molecule has 246 valence electrons. The molecule has 0 spiro atoms. The van der Waals surface area contributed by atoms with Crippen LogP contribution in [0.15, 0.2) is 82.2 Å². The van der Waals surface area contributed by atoms with Crippen LogP contribution >= 0.6 is 11.6 Å². The van der Waals surface area contributed by atoms with Crippen LogP contribution in [0.5, 0.6) is 0 Å². The van der Waals surface area contributed by atoms with Gasteiger partial charge in [-0.15, -0.1) is 5.11 Å². The van der Waals surface area contributed by atoms with Crippen LogP contribution in [-0.2, 0) is 20.7 Å². The number of ketones is 1. The third-order valence-electron chi connectivity index (χ3n) is 8.39. The number of rotatable bonds is 11. The van der Waals surface area contributed by atoms with Gasteiger partial charge in [-0.25, -0.2) is 9.79 Å². The first-order valence-electron chi connectivity index (χ1n) is 16.0. The fourth-order valence-corrected chi connectivity index (χ4v) is 6.08. The largest absolute Gasteiger partial charge is 0.444 e. The summed E-state index contributed by atoms with van der Waals surface area (Å²) < 4.78 is 5.35. The van der Waals surface area contributed by atoms with E-state index in [-0.39, 0.29) is 24.0 Å². The minimum atomic E-state index is -0.555. The number of hydrogen-bond donors (Lipinski definition) is 2. The standard InChI is InChI=1S/C36H41ClN6O4/c1-36(2,3)47-35(46)39-19-24-6-10-26(11-7-24)32(44)18-28(16-23-4-8-25(9-5-23)29-17-30(37)21-38-20-29)34(45)42-31-14-12-27(13-15-31)33-40-22-41-43-33/h4-5,8-9,12-15,17,20-21,24,26,28H,6-7,10-11,16,18-19,22H2,1-3H3,(H,39,46)(H,42,45)/t24?,26?,28-/m1/s1. The van der Waals surface area contributed by atoms with Gasteiger partial charge in [-0.2, -0.15) is 5.11 Å². The van der Waals surface area contributed by atoms with Crippen molar-refractivity contribution >= 4 is 40.9 Å². The molecule has 1 aliphatic heterocycles. The molecule has 0 saturated heterocycles. The molecule has 0 radical (unpaired) electrons. The molecule has 11 heteroatoms. The number of ether oxygens (including phenoxy) is 1. The second kappa shape index (κ2) is 15.4. The molecule has 5 rings (SSSR count). The lowest BCUT2D eigenvalue weighted by atomic mass is 9.77. The highest BCUT2D eigenvalue weighted by Gasteiger charge is 2.31. The molecule has 1 aliphatic carbocycles. The third kappa shape index (κ3) is 10.0. The zero-order chi connectivity index (χ0) is 33.4. The molecule has 10 nitrogen and oxygen atoms in total. The van der Waals surface area contributed by atoms with Crippen LogP contribution < -0.4 is 10.6 Å². The monoisotopic (exact) mass is 656 g/mol. The van der Waals surface area contributed by atoms with Gasteiger partial charge in [0, 0.05) is 54.0 Å². The van der Waals surface area contributed by atoms with Crippen molar-refractivity contribution < 1.29 is 19.1 Å². The van der Waals surface area contributed by atoms with E-state index in [2.05, 4.69) is 30.8 Å². The van der Waals surface area contributed by atoms with Crippen LogP contribution in [0.25, 0.3) is 11.1 Å². The summed E-state index contributed by atoms with van der Waals surface area (Å²) in [6.45, 7) is 6.35. The number of amidine groups is 1. The van der Waals surface area contributed by atoms with Crippen molar-refractivity contribution in [2.45, 2.75) is 64.9 Å². The van der Waals surface area contributed by atoms with Gasteiger partial charge >= 0.3 is 6.09 Å². The van der Waals surface area contributed by atoms with E-state index in [0.717, 1.165) is 47.9 Å². The third-order valence-corrected chi connectivity index (χ3v) is 8.60. The molecule has 47 heavy (non-hydrogen) atoms. The van der Waals surface area contributed by atoms with Crippen LogP contribution in [-0.4, -0.2) is 47.4 Å². The van der Waals surface area contributed by atoms with E-state index >= 15 is 0 Å². The number of halogens is 1. The van der Waals surface area contributed by atoms with Crippen molar-refractivity contribution in [1.29, 1.82) is 0 Å². The molecule has 2 heterocycles. The van der Waals surface area contributed by atoms with Crippen molar-refractivity contribution in [2.24, 2.45) is 33.0 Å². The van der Waals surface area contributed by atoms with E-state index in [1.54, 1.807) is 12.4 Å². The summed E-state index contributed by atoms with van der Waals surface area (Å²) in [6, 6.07) is 17.1. The Morgan fingerprint density at radius 2 is 1.64 bits per heavy atom. The molecule has 0 bridgehead atoms. The van der Waals surface area contributed by atoms with Gasteiger partial charge in [0.05, 0.1) is 5.02 Å². The van der Waals surface area contributed by atoms with Crippen molar-refractivity contribution in [3.05, 3.63) is 83.1 Å². The fourth-order valence-electron chi connectivity index (χ4n) is 5.91. The van der Waals surface area contributed by atoms with Gasteiger partial charge in [-0.1, -0.05) is 35.9 Å². The Labute approximate surface area is 280 Å². The molecule has 0 unspecified atom stereocenters.